The zero-order valence-corrected chi connectivity index (χ0v) is 7.05. The second-order valence-electron chi connectivity index (χ2n) is 3.16. The summed E-state index contributed by atoms with van der Waals surface area (Å²) in [5, 5.41) is 11.3. The van der Waals surface area contributed by atoms with Gasteiger partial charge in [0.2, 0.25) is 0 Å². The van der Waals surface area contributed by atoms with E-state index in [4.69, 9.17) is 5.11 Å². The van der Waals surface area contributed by atoms with Crippen LogP contribution in [0, 0.1) is 11.6 Å². The van der Waals surface area contributed by atoms with Gasteiger partial charge in [-0.25, -0.2) is 13.6 Å². The van der Waals surface area contributed by atoms with Crippen LogP contribution in [0.15, 0.2) is 12.1 Å². The first kappa shape index (κ1) is 8.93. The predicted octanol–water partition coefficient (Wildman–Crippen LogP) is 1.39. The molecule has 0 amide bonds. The van der Waals surface area contributed by atoms with E-state index in [0.717, 1.165) is 12.1 Å². The van der Waals surface area contributed by atoms with Crippen LogP contribution in [0.2, 0.25) is 0 Å². The van der Waals surface area contributed by atoms with Crippen LogP contribution in [-0.4, -0.2) is 17.1 Å². The maximum Gasteiger partial charge on any atom is 0.326 e. The minimum atomic E-state index is -1.03. The molecule has 0 fully saturated rings. The summed E-state index contributed by atoms with van der Waals surface area (Å²) in [5.74, 6) is -2.94. The first-order chi connectivity index (χ1) is 6.58. The normalized spacial score (nSPS) is 18.9. The number of halogens is 2. The molecule has 0 aromatic heterocycles. The van der Waals surface area contributed by atoms with Crippen LogP contribution in [0.25, 0.3) is 0 Å². The molecule has 1 aliphatic heterocycles. The number of carboxylic acids is 1. The Bertz CT molecular complexity index is 375. The molecule has 0 radical (unpaired) electrons. The Labute approximate surface area is 78.4 Å². The maximum absolute atomic E-state index is 12.8. The van der Waals surface area contributed by atoms with Crippen molar-refractivity contribution in [3.8, 4) is 0 Å². The van der Waals surface area contributed by atoms with Crippen molar-refractivity contribution in [2.75, 3.05) is 5.32 Å². The summed E-state index contributed by atoms with van der Waals surface area (Å²) in [6.07, 6.45) is 0.182. The van der Waals surface area contributed by atoms with Gasteiger partial charge in [0.15, 0.2) is 11.6 Å². The molecule has 0 spiro atoms. The molecule has 0 saturated heterocycles. The molecular weight excluding hydrogens is 192 g/mol. The van der Waals surface area contributed by atoms with Gasteiger partial charge in [0.1, 0.15) is 6.04 Å². The number of carbonyl (C=O) groups is 1. The maximum atomic E-state index is 12.8. The van der Waals surface area contributed by atoms with E-state index in [1.54, 1.807) is 0 Å². The van der Waals surface area contributed by atoms with Gasteiger partial charge in [-0.3, -0.25) is 0 Å². The van der Waals surface area contributed by atoms with Crippen LogP contribution in [0.1, 0.15) is 5.56 Å². The third-order valence-electron chi connectivity index (χ3n) is 2.20. The smallest absolute Gasteiger partial charge is 0.326 e. The Morgan fingerprint density at radius 3 is 2.71 bits per heavy atom. The van der Waals surface area contributed by atoms with E-state index in [1.165, 1.54) is 0 Å². The molecule has 1 aromatic rings. The highest BCUT2D eigenvalue weighted by atomic mass is 19.2. The van der Waals surface area contributed by atoms with Crippen molar-refractivity contribution in [1.29, 1.82) is 0 Å². The number of hydrogen-bond donors (Lipinski definition) is 2. The number of benzene rings is 1. The van der Waals surface area contributed by atoms with E-state index in [2.05, 4.69) is 5.32 Å². The van der Waals surface area contributed by atoms with Gasteiger partial charge in [-0.15, -0.1) is 0 Å². The molecule has 1 heterocycles. The van der Waals surface area contributed by atoms with Crippen molar-refractivity contribution in [3.05, 3.63) is 29.3 Å². The number of nitrogens with one attached hydrogen (secondary N) is 1. The average Bonchev–Trinajstić information content (AvgIpc) is 2.48. The summed E-state index contributed by atoms with van der Waals surface area (Å²) >= 11 is 0. The largest absolute Gasteiger partial charge is 0.480 e. The van der Waals surface area contributed by atoms with E-state index < -0.39 is 23.6 Å². The molecule has 1 unspecified atom stereocenters. The Morgan fingerprint density at radius 1 is 1.43 bits per heavy atom. The molecular formula is C9H7F2NO2. The lowest BCUT2D eigenvalue weighted by atomic mass is 10.1. The Kier molecular flexibility index (Phi) is 1.87. The first-order valence-electron chi connectivity index (χ1n) is 4.05. The highest BCUT2D eigenvalue weighted by molar-refractivity contribution is 5.81. The molecule has 0 saturated carbocycles. The third-order valence-corrected chi connectivity index (χ3v) is 2.20. The second kappa shape index (κ2) is 2.94. The molecule has 3 nitrogen and oxygen atoms in total. The number of carboxylic acid groups (broad SMARTS) is 1. The summed E-state index contributed by atoms with van der Waals surface area (Å²) in [6, 6.07) is 1.22. The summed E-state index contributed by atoms with van der Waals surface area (Å²) in [4.78, 5) is 10.6. The molecule has 5 heteroatoms. The van der Waals surface area contributed by atoms with Crippen molar-refractivity contribution >= 4 is 11.7 Å². The first-order valence-corrected chi connectivity index (χ1v) is 4.05. The minimum absolute atomic E-state index is 0.182. The SMILES string of the molecule is O=C(O)C1Cc2cc(F)c(F)cc2N1. The summed E-state index contributed by atoms with van der Waals surface area (Å²) < 4.78 is 25.5. The van der Waals surface area contributed by atoms with Crippen molar-refractivity contribution in [3.63, 3.8) is 0 Å². The lowest BCUT2D eigenvalue weighted by molar-refractivity contribution is -0.137. The summed E-state index contributed by atoms with van der Waals surface area (Å²) in [7, 11) is 0. The fourth-order valence-corrected chi connectivity index (χ4v) is 1.50. The molecule has 2 rings (SSSR count). The van der Waals surface area contributed by atoms with Crippen molar-refractivity contribution in [1.82, 2.24) is 0 Å². The fourth-order valence-electron chi connectivity index (χ4n) is 1.50. The highest BCUT2D eigenvalue weighted by Crippen LogP contribution is 2.28. The van der Waals surface area contributed by atoms with Crippen LogP contribution in [0.4, 0.5) is 14.5 Å². The van der Waals surface area contributed by atoms with Gasteiger partial charge in [0, 0.05) is 18.2 Å². The zero-order chi connectivity index (χ0) is 10.3. The average molecular weight is 199 g/mol. The van der Waals surface area contributed by atoms with Crippen LogP contribution < -0.4 is 5.32 Å². The third kappa shape index (κ3) is 1.30. The lowest BCUT2D eigenvalue weighted by Crippen LogP contribution is -2.26. The van der Waals surface area contributed by atoms with Crippen molar-refractivity contribution in [2.24, 2.45) is 0 Å². The molecule has 1 aliphatic rings. The monoisotopic (exact) mass is 199 g/mol. The van der Waals surface area contributed by atoms with Gasteiger partial charge in [0.05, 0.1) is 0 Å². The van der Waals surface area contributed by atoms with Crippen LogP contribution >= 0.6 is 0 Å². The Hall–Kier alpha value is -1.65. The summed E-state index contributed by atoms with van der Waals surface area (Å²) in [5.41, 5.74) is 0.854. The Morgan fingerprint density at radius 2 is 2.07 bits per heavy atom. The van der Waals surface area contributed by atoms with E-state index in [9.17, 15) is 13.6 Å². The van der Waals surface area contributed by atoms with Gasteiger partial charge >= 0.3 is 5.97 Å². The second-order valence-corrected chi connectivity index (χ2v) is 3.16. The van der Waals surface area contributed by atoms with Crippen LogP contribution in [-0.2, 0) is 11.2 Å². The van der Waals surface area contributed by atoms with E-state index in [0.29, 0.717) is 11.3 Å². The number of rotatable bonds is 1. The van der Waals surface area contributed by atoms with Crippen LogP contribution in [0.5, 0.6) is 0 Å². The number of anilines is 1. The van der Waals surface area contributed by atoms with Gasteiger partial charge in [-0.1, -0.05) is 0 Å². The van der Waals surface area contributed by atoms with Gasteiger partial charge < -0.3 is 10.4 Å². The number of hydrogen-bond acceptors (Lipinski definition) is 2. The van der Waals surface area contributed by atoms with Crippen molar-refractivity contribution in [2.45, 2.75) is 12.5 Å². The van der Waals surface area contributed by atoms with Gasteiger partial charge in [-0.2, -0.15) is 0 Å². The standard InChI is InChI=1S/C9H7F2NO2/c10-5-1-4-2-8(9(13)14)12-7(4)3-6(5)11/h1,3,8,12H,2H2,(H,13,14). The quantitative estimate of drug-likeness (QED) is 0.718. The van der Waals surface area contributed by atoms with E-state index >= 15 is 0 Å². The topological polar surface area (TPSA) is 49.3 Å². The Balaban J connectivity index is 2.36. The molecule has 2 N–H and O–H groups in total. The molecule has 14 heavy (non-hydrogen) atoms. The number of fused-ring (bicyclic) bond motifs is 1. The molecule has 0 bridgehead atoms. The van der Waals surface area contributed by atoms with E-state index in [1.807, 2.05) is 0 Å². The highest BCUT2D eigenvalue weighted by Gasteiger charge is 2.27. The minimum Gasteiger partial charge on any atom is -0.480 e. The predicted molar refractivity (Wildman–Crippen MR) is 45.1 cm³/mol. The molecule has 74 valence electrons. The summed E-state index contributed by atoms with van der Waals surface area (Å²) in [6.45, 7) is 0. The van der Waals surface area contributed by atoms with Gasteiger partial charge in [-0.05, 0) is 11.6 Å². The molecule has 1 aromatic carbocycles. The fraction of sp³-hybridized carbons (Fsp3) is 0.222. The van der Waals surface area contributed by atoms with Crippen molar-refractivity contribution < 1.29 is 18.7 Å². The lowest BCUT2D eigenvalue weighted by Gasteiger charge is -2.03. The number of aliphatic carboxylic acids is 1. The molecule has 1 atom stereocenters. The molecule has 0 aliphatic carbocycles. The van der Waals surface area contributed by atoms with Gasteiger partial charge in [0.25, 0.3) is 0 Å². The van der Waals surface area contributed by atoms with Crippen LogP contribution in [0.3, 0.4) is 0 Å². The zero-order valence-electron chi connectivity index (χ0n) is 7.05. The van der Waals surface area contributed by atoms with E-state index in [-0.39, 0.29) is 6.42 Å².